The van der Waals surface area contributed by atoms with Gasteiger partial charge in [-0.25, -0.2) is 4.79 Å². The van der Waals surface area contributed by atoms with Crippen molar-refractivity contribution in [3.8, 4) is 17.1 Å². The SMILES string of the molecule is CCOc1ccc(C2NC(=O)N(Cc3ccccc3C)C(C)=C2c2nc(-c3ccccc3)no2)cc1. The van der Waals surface area contributed by atoms with Gasteiger partial charge in [-0.2, -0.15) is 4.98 Å². The van der Waals surface area contributed by atoms with Crippen LogP contribution in [0.15, 0.2) is 89.1 Å². The number of carbonyl (C=O) groups is 1. The molecule has 1 atom stereocenters. The third kappa shape index (κ3) is 4.60. The van der Waals surface area contributed by atoms with Crippen molar-refractivity contribution in [1.82, 2.24) is 20.4 Å². The zero-order chi connectivity index (χ0) is 25.1. The molecule has 7 heteroatoms. The van der Waals surface area contributed by atoms with Crippen LogP contribution in [0.5, 0.6) is 5.75 Å². The number of ether oxygens (including phenoxy) is 1. The molecule has 0 fully saturated rings. The van der Waals surface area contributed by atoms with E-state index in [0.717, 1.165) is 39.3 Å². The summed E-state index contributed by atoms with van der Waals surface area (Å²) in [4.78, 5) is 19.8. The first-order chi connectivity index (χ1) is 17.5. The van der Waals surface area contributed by atoms with Crippen molar-refractivity contribution in [3.05, 3.63) is 107 Å². The predicted octanol–water partition coefficient (Wildman–Crippen LogP) is 6.14. The highest BCUT2D eigenvalue weighted by atomic mass is 16.5. The summed E-state index contributed by atoms with van der Waals surface area (Å²) in [5.41, 5.74) is 5.49. The average molecular weight is 481 g/mol. The lowest BCUT2D eigenvalue weighted by Gasteiger charge is -2.35. The topological polar surface area (TPSA) is 80.5 Å². The van der Waals surface area contributed by atoms with Crippen LogP contribution in [0.4, 0.5) is 4.79 Å². The first kappa shape index (κ1) is 23.4. The van der Waals surface area contributed by atoms with E-state index in [0.29, 0.717) is 24.9 Å². The van der Waals surface area contributed by atoms with Gasteiger partial charge in [-0.3, -0.25) is 4.90 Å². The van der Waals surface area contributed by atoms with Crippen LogP contribution in [0.2, 0.25) is 0 Å². The molecule has 0 spiro atoms. The molecule has 0 saturated heterocycles. The van der Waals surface area contributed by atoms with Gasteiger partial charge in [-0.15, -0.1) is 0 Å². The van der Waals surface area contributed by atoms with E-state index in [1.54, 1.807) is 4.90 Å². The summed E-state index contributed by atoms with van der Waals surface area (Å²) in [5.74, 6) is 1.65. The molecule has 2 heterocycles. The summed E-state index contributed by atoms with van der Waals surface area (Å²) in [6, 6.07) is 24.8. The Morgan fingerprint density at radius 1 is 0.972 bits per heavy atom. The maximum absolute atomic E-state index is 13.4. The van der Waals surface area contributed by atoms with Crippen molar-refractivity contribution in [2.75, 3.05) is 6.61 Å². The first-order valence-electron chi connectivity index (χ1n) is 12.0. The molecule has 1 aliphatic rings. The zero-order valence-electron chi connectivity index (χ0n) is 20.6. The highest BCUT2D eigenvalue weighted by molar-refractivity contribution is 5.87. The molecule has 4 aromatic rings. The van der Waals surface area contributed by atoms with Gasteiger partial charge in [0, 0.05) is 11.3 Å². The van der Waals surface area contributed by atoms with E-state index in [1.165, 1.54) is 0 Å². The van der Waals surface area contributed by atoms with Crippen LogP contribution in [-0.4, -0.2) is 27.7 Å². The molecule has 0 aliphatic carbocycles. The highest BCUT2D eigenvalue weighted by Gasteiger charge is 2.36. The van der Waals surface area contributed by atoms with Crippen molar-refractivity contribution >= 4 is 11.6 Å². The molecule has 1 aromatic heterocycles. The van der Waals surface area contributed by atoms with Gasteiger partial charge in [0.25, 0.3) is 5.89 Å². The zero-order valence-corrected chi connectivity index (χ0v) is 20.6. The fraction of sp³-hybridized carbons (Fsp3) is 0.207. The maximum atomic E-state index is 13.4. The average Bonchev–Trinajstić information content (AvgIpc) is 3.38. The molecule has 0 bridgehead atoms. The normalized spacial score (nSPS) is 15.7. The Morgan fingerprint density at radius 3 is 2.42 bits per heavy atom. The highest BCUT2D eigenvalue weighted by Crippen LogP contribution is 2.38. The molecule has 3 aromatic carbocycles. The quantitative estimate of drug-likeness (QED) is 0.344. The molecule has 7 nitrogen and oxygen atoms in total. The van der Waals surface area contributed by atoms with Crippen LogP contribution in [0.1, 0.15) is 42.5 Å². The Morgan fingerprint density at radius 2 is 1.69 bits per heavy atom. The van der Waals surface area contributed by atoms with Crippen molar-refractivity contribution in [3.63, 3.8) is 0 Å². The Kier molecular flexibility index (Phi) is 6.54. The molecule has 36 heavy (non-hydrogen) atoms. The second kappa shape index (κ2) is 10.1. The van der Waals surface area contributed by atoms with Gasteiger partial charge in [0.05, 0.1) is 24.8 Å². The summed E-state index contributed by atoms with van der Waals surface area (Å²) >= 11 is 0. The molecular formula is C29H28N4O3. The molecule has 182 valence electrons. The van der Waals surface area contributed by atoms with E-state index in [1.807, 2.05) is 99.6 Å². The largest absolute Gasteiger partial charge is 0.494 e. The van der Waals surface area contributed by atoms with E-state index in [-0.39, 0.29) is 6.03 Å². The fourth-order valence-corrected chi connectivity index (χ4v) is 4.42. The third-order valence-electron chi connectivity index (χ3n) is 6.40. The number of urea groups is 1. The lowest BCUT2D eigenvalue weighted by Crippen LogP contribution is -2.45. The number of nitrogens with zero attached hydrogens (tertiary/aromatic N) is 3. The van der Waals surface area contributed by atoms with Gasteiger partial charge in [0.1, 0.15) is 5.75 Å². The smallest absolute Gasteiger partial charge is 0.322 e. The maximum Gasteiger partial charge on any atom is 0.322 e. The molecule has 5 rings (SSSR count). The first-order valence-corrected chi connectivity index (χ1v) is 12.0. The van der Waals surface area contributed by atoms with Gasteiger partial charge < -0.3 is 14.6 Å². The van der Waals surface area contributed by atoms with E-state index in [9.17, 15) is 4.79 Å². The van der Waals surface area contributed by atoms with Crippen LogP contribution in [0.25, 0.3) is 17.0 Å². The predicted molar refractivity (Wildman–Crippen MR) is 138 cm³/mol. The number of aryl methyl sites for hydroxylation is 1. The summed E-state index contributed by atoms with van der Waals surface area (Å²) in [6.07, 6.45) is 0. The standard InChI is InChI=1S/C29H28N4O3/c1-4-35-24-16-14-21(15-17-24)26-25(28-31-27(32-36-28)22-11-6-5-7-12-22)20(3)33(29(34)30-26)18-23-13-9-8-10-19(23)2/h5-17,26H,4,18H2,1-3H3,(H,30,34). The monoisotopic (exact) mass is 480 g/mol. The summed E-state index contributed by atoms with van der Waals surface area (Å²) in [7, 11) is 0. The number of hydrogen-bond acceptors (Lipinski definition) is 5. The minimum absolute atomic E-state index is 0.179. The van der Waals surface area contributed by atoms with Gasteiger partial charge in [-0.05, 0) is 49.6 Å². The number of aromatic nitrogens is 2. The van der Waals surface area contributed by atoms with E-state index < -0.39 is 6.04 Å². The summed E-state index contributed by atoms with van der Waals surface area (Å²) in [6.45, 7) is 6.94. The van der Waals surface area contributed by atoms with Gasteiger partial charge in [0.2, 0.25) is 5.82 Å². The van der Waals surface area contributed by atoms with Crippen molar-refractivity contribution < 1.29 is 14.1 Å². The van der Waals surface area contributed by atoms with E-state index >= 15 is 0 Å². The Labute approximate surface area is 210 Å². The lowest BCUT2D eigenvalue weighted by atomic mass is 9.94. The molecule has 1 aliphatic heterocycles. The molecule has 0 radical (unpaired) electrons. The number of rotatable bonds is 7. The summed E-state index contributed by atoms with van der Waals surface area (Å²) < 4.78 is 11.4. The number of allylic oxidation sites excluding steroid dienone is 1. The number of nitrogens with one attached hydrogen (secondary N) is 1. The van der Waals surface area contributed by atoms with Crippen LogP contribution in [0, 0.1) is 6.92 Å². The number of hydrogen-bond donors (Lipinski definition) is 1. The minimum atomic E-state index is -0.453. The molecule has 1 unspecified atom stereocenters. The third-order valence-corrected chi connectivity index (χ3v) is 6.40. The van der Waals surface area contributed by atoms with Crippen molar-refractivity contribution in [1.29, 1.82) is 0 Å². The number of carbonyl (C=O) groups excluding carboxylic acids is 1. The van der Waals surface area contributed by atoms with Gasteiger partial charge in [-0.1, -0.05) is 71.9 Å². The fourth-order valence-electron chi connectivity index (χ4n) is 4.42. The molecule has 2 amide bonds. The number of benzene rings is 3. The molecule has 1 N–H and O–H groups in total. The molecule has 0 saturated carbocycles. The van der Waals surface area contributed by atoms with Gasteiger partial charge in [0.15, 0.2) is 0 Å². The molecular weight excluding hydrogens is 452 g/mol. The van der Waals surface area contributed by atoms with Crippen LogP contribution < -0.4 is 10.1 Å². The second-order valence-corrected chi connectivity index (χ2v) is 8.69. The van der Waals surface area contributed by atoms with Crippen LogP contribution in [-0.2, 0) is 6.54 Å². The van der Waals surface area contributed by atoms with Crippen LogP contribution >= 0.6 is 0 Å². The van der Waals surface area contributed by atoms with E-state index in [2.05, 4.69) is 10.5 Å². The Balaban J connectivity index is 1.58. The van der Waals surface area contributed by atoms with Crippen LogP contribution in [0.3, 0.4) is 0 Å². The van der Waals surface area contributed by atoms with E-state index in [4.69, 9.17) is 14.2 Å². The second-order valence-electron chi connectivity index (χ2n) is 8.69. The summed E-state index contributed by atoms with van der Waals surface area (Å²) in [5, 5.41) is 7.40. The lowest BCUT2D eigenvalue weighted by molar-refractivity contribution is 0.203. The Hall–Kier alpha value is -4.39. The van der Waals surface area contributed by atoms with Gasteiger partial charge >= 0.3 is 6.03 Å². The van der Waals surface area contributed by atoms with Crippen molar-refractivity contribution in [2.45, 2.75) is 33.4 Å². The number of amides is 2. The minimum Gasteiger partial charge on any atom is -0.494 e. The Bertz CT molecular complexity index is 1390. The van der Waals surface area contributed by atoms with Crippen molar-refractivity contribution in [2.24, 2.45) is 0 Å².